The van der Waals surface area contributed by atoms with Crippen LogP contribution in [0.4, 0.5) is 0 Å². The zero-order chi connectivity index (χ0) is 11.9. The van der Waals surface area contributed by atoms with Crippen molar-refractivity contribution in [2.45, 2.75) is 76.9 Å². The second kappa shape index (κ2) is 7.38. The molecule has 1 aliphatic carbocycles. The van der Waals surface area contributed by atoms with Gasteiger partial charge in [0, 0.05) is 12.6 Å². The molecule has 3 unspecified atom stereocenters. The molecule has 0 bridgehead atoms. The molecule has 2 aliphatic rings. The molecule has 2 heteroatoms. The Kier molecular flexibility index (Phi) is 5.79. The lowest BCUT2D eigenvalue weighted by atomic mass is 9.85. The van der Waals surface area contributed by atoms with Crippen molar-refractivity contribution in [3.8, 4) is 0 Å². The molecule has 2 rings (SSSR count). The third-order valence-electron chi connectivity index (χ3n) is 4.52. The summed E-state index contributed by atoms with van der Waals surface area (Å²) in [6.07, 6.45) is 12.6. The predicted octanol–water partition coefficient (Wildman–Crippen LogP) is 3.50. The van der Waals surface area contributed by atoms with Gasteiger partial charge in [-0.2, -0.15) is 0 Å². The first-order chi connectivity index (χ1) is 8.38. The van der Waals surface area contributed by atoms with Gasteiger partial charge in [0.05, 0.1) is 6.10 Å². The maximum atomic E-state index is 6.05. The van der Waals surface area contributed by atoms with Crippen molar-refractivity contribution in [1.29, 1.82) is 0 Å². The first-order valence-electron chi connectivity index (χ1n) is 7.73. The maximum absolute atomic E-state index is 6.05. The Morgan fingerprint density at radius 1 is 1.18 bits per heavy atom. The normalized spacial score (nSPS) is 34.1. The Hall–Kier alpha value is -0.0800. The molecule has 2 fully saturated rings. The number of ether oxygens (including phenoxy) is 1. The van der Waals surface area contributed by atoms with Gasteiger partial charge in [0.1, 0.15) is 0 Å². The van der Waals surface area contributed by atoms with Crippen LogP contribution in [0.25, 0.3) is 0 Å². The molecule has 1 aliphatic heterocycles. The van der Waals surface area contributed by atoms with Crippen LogP contribution in [-0.2, 0) is 4.74 Å². The van der Waals surface area contributed by atoms with E-state index in [4.69, 9.17) is 4.74 Å². The minimum Gasteiger partial charge on any atom is -0.378 e. The molecule has 17 heavy (non-hydrogen) atoms. The Bertz CT molecular complexity index is 201. The molecule has 2 nitrogen and oxygen atoms in total. The van der Waals surface area contributed by atoms with E-state index in [1.54, 1.807) is 0 Å². The molecule has 0 aromatic rings. The summed E-state index contributed by atoms with van der Waals surface area (Å²) in [7, 11) is 0. The molecular formula is C15H29NO. The number of nitrogens with one attached hydrogen (secondary N) is 1. The predicted molar refractivity (Wildman–Crippen MR) is 72.2 cm³/mol. The monoisotopic (exact) mass is 239 g/mol. The van der Waals surface area contributed by atoms with E-state index in [2.05, 4.69) is 12.2 Å². The minimum atomic E-state index is 0.574. The van der Waals surface area contributed by atoms with Gasteiger partial charge in [-0.3, -0.25) is 0 Å². The van der Waals surface area contributed by atoms with Crippen LogP contribution in [0, 0.1) is 5.92 Å². The highest BCUT2D eigenvalue weighted by Gasteiger charge is 2.21. The molecule has 0 radical (unpaired) electrons. The van der Waals surface area contributed by atoms with Crippen LogP contribution in [0.15, 0.2) is 0 Å². The van der Waals surface area contributed by atoms with Crippen LogP contribution >= 0.6 is 0 Å². The van der Waals surface area contributed by atoms with Crippen molar-refractivity contribution in [3.63, 3.8) is 0 Å². The Morgan fingerprint density at radius 3 is 2.88 bits per heavy atom. The Labute approximate surface area is 107 Å². The van der Waals surface area contributed by atoms with Crippen LogP contribution in [0.1, 0.15) is 64.7 Å². The van der Waals surface area contributed by atoms with Crippen LogP contribution in [0.2, 0.25) is 0 Å². The van der Waals surface area contributed by atoms with E-state index in [9.17, 15) is 0 Å². The van der Waals surface area contributed by atoms with Crippen LogP contribution in [0.5, 0.6) is 0 Å². The van der Waals surface area contributed by atoms with Gasteiger partial charge in [-0.1, -0.05) is 26.2 Å². The second-order valence-electron chi connectivity index (χ2n) is 5.87. The highest BCUT2D eigenvalue weighted by molar-refractivity contribution is 4.75. The standard InChI is InChI=1S/C15H29NO/c1-2-13-6-3-9-15(12-13)17-11-5-8-14-7-4-10-16-14/h13-16H,2-12H2,1H3. The zero-order valence-corrected chi connectivity index (χ0v) is 11.4. The van der Waals surface area contributed by atoms with E-state index in [0.29, 0.717) is 6.10 Å². The average Bonchev–Trinajstić information content (AvgIpc) is 2.88. The zero-order valence-electron chi connectivity index (χ0n) is 11.4. The van der Waals surface area contributed by atoms with E-state index in [0.717, 1.165) is 18.6 Å². The summed E-state index contributed by atoms with van der Waals surface area (Å²) in [4.78, 5) is 0. The lowest BCUT2D eigenvalue weighted by Crippen LogP contribution is -2.24. The van der Waals surface area contributed by atoms with Crippen LogP contribution in [-0.4, -0.2) is 25.3 Å². The number of hydrogen-bond acceptors (Lipinski definition) is 2. The van der Waals surface area contributed by atoms with E-state index >= 15 is 0 Å². The van der Waals surface area contributed by atoms with Crippen molar-refractivity contribution >= 4 is 0 Å². The third kappa shape index (κ3) is 4.59. The van der Waals surface area contributed by atoms with E-state index in [-0.39, 0.29) is 0 Å². The molecule has 0 amide bonds. The highest BCUT2D eigenvalue weighted by Crippen LogP contribution is 2.28. The molecule has 1 saturated carbocycles. The van der Waals surface area contributed by atoms with Crippen molar-refractivity contribution in [3.05, 3.63) is 0 Å². The van der Waals surface area contributed by atoms with Gasteiger partial charge in [-0.25, -0.2) is 0 Å². The quantitative estimate of drug-likeness (QED) is 0.716. The fraction of sp³-hybridized carbons (Fsp3) is 1.00. The molecule has 1 N–H and O–H groups in total. The number of rotatable bonds is 6. The smallest absolute Gasteiger partial charge is 0.0577 e. The average molecular weight is 239 g/mol. The molecule has 0 aromatic heterocycles. The van der Waals surface area contributed by atoms with Gasteiger partial charge in [0.15, 0.2) is 0 Å². The van der Waals surface area contributed by atoms with Gasteiger partial charge >= 0.3 is 0 Å². The van der Waals surface area contributed by atoms with Gasteiger partial charge in [-0.05, 0) is 51.0 Å². The minimum absolute atomic E-state index is 0.574. The molecule has 100 valence electrons. The summed E-state index contributed by atoms with van der Waals surface area (Å²) in [5.41, 5.74) is 0. The third-order valence-corrected chi connectivity index (χ3v) is 4.52. The Balaban J connectivity index is 1.52. The van der Waals surface area contributed by atoms with Crippen LogP contribution < -0.4 is 5.32 Å². The fourth-order valence-electron chi connectivity index (χ4n) is 3.35. The van der Waals surface area contributed by atoms with Crippen molar-refractivity contribution in [2.75, 3.05) is 13.2 Å². The first-order valence-corrected chi connectivity index (χ1v) is 7.73. The molecule has 3 atom stereocenters. The highest BCUT2D eigenvalue weighted by atomic mass is 16.5. The SMILES string of the molecule is CCC1CCCC(OCCCC2CCCN2)C1. The molecule has 1 saturated heterocycles. The molecular weight excluding hydrogens is 210 g/mol. The summed E-state index contributed by atoms with van der Waals surface area (Å²) in [6, 6.07) is 0.786. The Morgan fingerprint density at radius 2 is 2.12 bits per heavy atom. The summed E-state index contributed by atoms with van der Waals surface area (Å²) < 4.78 is 6.05. The maximum Gasteiger partial charge on any atom is 0.0577 e. The van der Waals surface area contributed by atoms with Crippen molar-refractivity contribution in [1.82, 2.24) is 5.32 Å². The van der Waals surface area contributed by atoms with Crippen molar-refractivity contribution in [2.24, 2.45) is 5.92 Å². The second-order valence-corrected chi connectivity index (χ2v) is 5.87. The van der Waals surface area contributed by atoms with E-state index < -0.39 is 0 Å². The molecule has 0 aromatic carbocycles. The van der Waals surface area contributed by atoms with Gasteiger partial charge in [0.2, 0.25) is 0 Å². The van der Waals surface area contributed by atoms with Gasteiger partial charge in [-0.15, -0.1) is 0 Å². The van der Waals surface area contributed by atoms with Gasteiger partial charge in [0.25, 0.3) is 0 Å². The summed E-state index contributed by atoms with van der Waals surface area (Å²) >= 11 is 0. The topological polar surface area (TPSA) is 21.3 Å². The largest absolute Gasteiger partial charge is 0.378 e. The lowest BCUT2D eigenvalue weighted by molar-refractivity contribution is 0.0102. The van der Waals surface area contributed by atoms with Gasteiger partial charge < -0.3 is 10.1 Å². The number of hydrogen-bond donors (Lipinski definition) is 1. The summed E-state index contributed by atoms with van der Waals surface area (Å²) in [5, 5.41) is 3.56. The summed E-state index contributed by atoms with van der Waals surface area (Å²) in [5.74, 6) is 0.935. The molecule has 0 spiro atoms. The lowest BCUT2D eigenvalue weighted by Gasteiger charge is -2.28. The fourth-order valence-corrected chi connectivity index (χ4v) is 3.35. The molecule has 1 heterocycles. The summed E-state index contributed by atoms with van der Waals surface area (Å²) in [6.45, 7) is 4.53. The van der Waals surface area contributed by atoms with E-state index in [1.807, 2.05) is 0 Å². The van der Waals surface area contributed by atoms with E-state index in [1.165, 1.54) is 64.3 Å². The first kappa shape index (κ1) is 13.4. The van der Waals surface area contributed by atoms with Crippen LogP contribution in [0.3, 0.4) is 0 Å². The van der Waals surface area contributed by atoms with Crippen molar-refractivity contribution < 1.29 is 4.74 Å².